The summed E-state index contributed by atoms with van der Waals surface area (Å²) in [5.41, 5.74) is 1.54. The van der Waals surface area contributed by atoms with Gasteiger partial charge >= 0.3 is 0 Å². The Bertz CT molecular complexity index is 778. The topological polar surface area (TPSA) is 54.9 Å². The summed E-state index contributed by atoms with van der Waals surface area (Å²) in [5, 5.41) is 0. The number of benzene rings is 1. The van der Waals surface area contributed by atoms with Crippen molar-refractivity contribution in [3.8, 4) is 5.75 Å². The molecule has 6 nitrogen and oxygen atoms in total. The Hall–Kier alpha value is -2.12. The Labute approximate surface area is 161 Å². The first-order chi connectivity index (χ1) is 12.6. The minimum atomic E-state index is -0.0679. The lowest BCUT2D eigenvalue weighted by Gasteiger charge is -2.30. The van der Waals surface area contributed by atoms with Crippen molar-refractivity contribution in [3.05, 3.63) is 52.1 Å². The molecule has 2 heterocycles. The van der Waals surface area contributed by atoms with Crippen LogP contribution in [-0.4, -0.2) is 56.3 Å². The number of pyridine rings is 1. The maximum Gasteiger partial charge on any atom is 0.257 e. The van der Waals surface area contributed by atoms with Crippen molar-refractivity contribution in [1.82, 2.24) is 9.88 Å². The van der Waals surface area contributed by atoms with Crippen molar-refractivity contribution in [2.24, 2.45) is 0 Å². The predicted octanol–water partition coefficient (Wildman–Crippen LogP) is 2.96. The first kappa shape index (κ1) is 18.7. The van der Waals surface area contributed by atoms with Crippen LogP contribution in [0.2, 0.25) is 0 Å². The van der Waals surface area contributed by atoms with Crippen LogP contribution in [0.15, 0.2) is 41.0 Å². The molecule has 0 N–H and O–H groups in total. The second kappa shape index (κ2) is 8.51. The zero-order valence-electron chi connectivity index (χ0n) is 14.9. The number of nitrogens with zero attached hydrogens (tertiary/aromatic N) is 3. The minimum Gasteiger partial charge on any atom is -0.496 e. The number of anilines is 1. The van der Waals surface area contributed by atoms with E-state index in [-0.39, 0.29) is 5.91 Å². The summed E-state index contributed by atoms with van der Waals surface area (Å²) in [4.78, 5) is 21.3. The maximum atomic E-state index is 13.1. The fourth-order valence-corrected chi connectivity index (χ4v) is 3.40. The normalized spacial score (nSPS) is 14.2. The van der Waals surface area contributed by atoms with Gasteiger partial charge in [0.05, 0.1) is 25.9 Å². The summed E-state index contributed by atoms with van der Waals surface area (Å²) in [5.74, 6) is 1.41. The molecule has 2 aromatic rings. The molecule has 0 unspecified atom stereocenters. The van der Waals surface area contributed by atoms with Gasteiger partial charge in [0.2, 0.25) is 0 Å². The van der Waals surface area contributed by atoms with Gasteiger partial charge in [0.25, 0.3) is 5.91 Å². The molecule has 0 saturated carbocycles. The highest BCUT2D eigenvalue weighted by Crippen LogP contribution is 2.26. The molecule has 1 aliphatic rings. The van der Waals surface area contributed by atoms with Gasteiger partial charge in [0.15, 0.2) is 0 Å². The first-order valence-corrected chi connectivity index (χ1v) is 9.25. The Morgan fingerprint density at radius 1 is 1.35 bits per heavy atom. The molecule has 1 amide bonds. The lowest BCUT2D eigenvalue weighted by Crippen LogP contribution is -2.38. The molecule has 0 radical (unpaired) electrons. The monoisotopic (exact) mass is 419 g/mol. The van der Waals surface area contributed by atoms with Crippen LogP contribution in [-0.2, 0) is 11.3 Å². The second-order valence-corrected chi connectivity index (χ2v) is 7.01. The van der Waals surface area contributed by atoms with Gasteiger partial charge in [-0.2, -0.15) is 0 Å². The number of halogens is 1. The Balaban J connectivity index is 1.82. The maximum absolute atomic E-state index is 13.1. The number of carbonyl (C=O) groups excluding carboxylic acids is 1. The smallest absolute Gasteiger partial charge is 0.257 e. The molecule has 1 aromatic heterocycles. The zero-order valence-corrected chi connectivity index (χ0v) is 16.5. The van der Waals surface area contributed by atoms with Gasteiger partial charge in [-0.05, 0) is 30.3 Å². The van der Waals surface area contributed by atoms with Gasteiger partial charge < -0.3 is 19.3 Å². The molecule has 138 valence electrons. The second-order valence-electron chi connectivity index (χ2n) is 6.09. The van der Waals surface area contributed by atoms with E-state index in [0.29, 0.717) is 31.1 Å². The predicted molar refractivity (Wildman–Crippen MR) is 104 cm³/mol. The molecule has 0 spiro atoms. The summed E-state index contributed by atoms with van der Waals surface area (Å²) in [6.07, 6.45) is 1.72. The highest BCUT2D eigenvalue weighted by molar-refractivity contribution is 9.10. The van der Waals surface area contributed by atoms with Crippen molar-refractivity contribution in [1.29, 1.82) is 0 Å². The summed E-state index contributed by atoms with van der Waals surface area (Å²) < 4.78 is 11.8. The molecule has 1 fully saturated rings. The molecule has 0 atom stereocenters. The van der Waals surface area contributed by atoms with Crippen LogP contribution in [0.1, 0.15) is 15.9 Å². The van der Waals surface area contributed by atoms with E-state index in [2.05, 4.69) is 25.8 Å². The fourth-order valence-electron chi connectivity index (χ4n) is 2.99. The number of hydrogen-bond acceptors (Lipinski definition) is 5. The third kappa shape index (κ3) is 4.16. The SMILES string of the molecule is COc1ccc(Br)cc1CN(C)C(=O)c1cccnc1N1CCOCC1. The van der Waals surface area contributed by atoms with Crippen molar-refractivity contribution in [3.63, 3.8) is 0 Å². The summed E-state index contributed by atoms with van der Waals surface area (Å²) >= 11 is 3.47. The van der Waals surface area contributed by atoms with Gasteiger partial charge in [-0.25, -0.2) is 4.98 Å². The highest BCUT2D eigenvalue weighted by Gasteiger charge is 2.22. The van der Waals surface area contributed by atoms with Crippen LogP contribution in [0, 0.1) is 0 Å². The Kier molecular flexibility index (Phi) is 6.11. The average molecular weight is 420 g/mol. The summed E-state index contributed by atoms with van der Waals surface area (Å²) in [6.45, 7) is 3.21. The van der Waals surface area contributed by atoms with Crippen LogP contribution in [0.3, 0.4) is 0 Å². The van der Waals surface area contributed by atoms with E-state index in [9.17, 15) is 4.79 Å². The number of methoxy groups -OCH3 is 1. The zero-order chi connectivity index (χ0) is 18.5. The molecule has 1 saturated heterocycles. The quantitative estimate of drug-likeness (QED) is 0.745. The molecule has 7 heteroatoms. The van der Waals surface area contributed by atoms with Gasteiger partial charge in [-0.3, -0.25) is 4.79 Å². The largest absolute Gasteiger partial charge is 0.496 e. The van der Waals surface area contributed by atoms with Gasteiger partial charge in [0, 0.05) is 42.9 Å². The van der Waals surface area contributed by atoms with Crippen molar-refractivity contribution in [2.75, 3.05) is 45.4 Å². The van der Waals surface area contributed by atoms with Gasteiger partial charge in [-0.15, -0.1) is 0 Å². The molecule has 1 aliphatic heterocycles. The summed E-state index contributed by atoms with van der Waals surface area (Å²) in [7, 11) is 3.42. The average Bonchev–Trinajstić information content (AvgIpc) is 2.68. The van der Waals surface area contributed by atoms with Crippen molar-refractivity contribution < 1.29 is 14.3 Å². The number of rotatable bonds is 5. The number of carbonyl (C=O) groups is 1. The molecular formula is C19H22BrN3O3. The summed E-state index contributed by atoms with van der Waals surface area (Å²) in [6, 6.07) is 9.40. The number of ether oxygens (including phenoxy) is 2. The van der Waals surface area contributed by atoms with Crippen molar-refractivity contribution in [2.45, 2.75) is 6.54 Å². The first-order valence-electron chi connectivity index (χ1n) is 8.45. The van der Waals surface area contributed by atoms with Crippen LogP contribution in [0.25, 0.3) is 0 Å². The molecule has 3 rings (SSSR count). The third-order valence-corrected chi connectivity index (χ3v) is 4.82. The molecule has 0 aliphatic carbocycles. The van der Waals surface area contributed by atoms with Gasteiger partial charge in [-0.1, -0.05) is 15.9 Å². The highest BCUT2D eigenvalue weighted by atomic mass is 79.9. The molecular weight excluding hydrogens is 398 g/mol. The van der Waals surface area contributed by atoms with Crippen LogP contribution >= 0.6 is 15.9 Å². The van der Waals surface area contributed by atoms with Crippen molar-refractivity contribution >= 4 is 27.7 Å². The van der Waals surface area contributed by atoms with E-state index in [1.807, 2.05) is 24.3 Å². The Morgan fingerprint density at radius 3 is 2.85 bits per heavy atom. The van der Waals surface area contributed by atoms with Crippen LogP contribution in [0.5, 0.6) is 5.75 Å². The van der Waals surface area contributed by atoms with Crippen LogP contribution < -0.4 is 9.64 Å². The lowest BCUT2D eigenvalue weighted by molar-refractivity contribution is 0.0783. The molecule has 26 heavy (non-hydrogen) atoms. The fraction of sp³-hybridized carbons (Fsp3) is 0.368. The molecule has 0 bridgehead atoms. The number of morpholine rings is 1. The van der Waals surface area contributed by atoms with E-state index in [4.69, 9.17) is 9.47 Å². The lowest BCUT2D eigenvalue weighted by atomic mass is 10.1. The van der Waals surface area contributed by atoms with E-state index in [1.54, 1.807) is 31.3 Å². The van der Waals surface area contributed by atoms with E-state index >= 15 is 0 Å². The number of hydrogen-bond donors (Lipinski definition) is 0. The number of aromatic nitrogens is 1. The van der Waals surface area contributed by atoms with E-state index in [1.165, 1.54) is 0 Å². The molecule has 1 aromatic carbocycles. The van der Waals surface area contributed by atoms with Gasteiger partial charge in [0.1, 0.15) is 11.6 Å². The van der Waals surface area contributed by atoms with Crippen LogP contribution in [0.4, 0.5) is 5.82 Å². The van der Waals surface area contributed by atoms with E-state index in [0.717, 1.165) is 28.9 Å². The minimum absolute atomic E-state index is 0.0679. The van der Waals surface area contributed by atoms with E-state index < -0.39 is 0 Å². The standard InChI is InChI=1S/C19H22BrN3O3/c1-22(13-14-12-15(20)5-6-17(14)25-2)19(24)16-4-3-7-21-18(16)23-8-10-26-11-9-23/h3-7,12H,8-11,13H2,1-2H3. The Morgan fingerprint density at radius 2 is 2.12 bits per heavy atom. The third-order valence-electron chi connectivity index (χ3n) is 4.32. The number of amides is 1.